The van der Waals surface area contributed by atoms with E-state index in [1.165, 1.54) is 0 Å². The van der Waals surface area contributed by atoms with E-state index in [9.17, 15) is 0 Å². The molecule has 0 aliphatic heterocycles. The molecule has 5 nitrogen and oxygen atoms in total. The Kier molecular flexibility index (Phi) is 5.41. The van der Waals surface area contributed by atoms with Gasteiger partial charge in [0.25, 0.3) is 0 Å². The van der Waals surface area contributed by atoms with Crippen LogP contribution in [0.2, 0.25) is 5.28 Å². The monoisotopic (exact) mass is 257 g/mol. The highest BCUT2D eigenvalue weighted by Gasteiger charge is 2.13. The minimum Gasteiger partial charge on any atom is -0.354 e. The molecule has 0 saturated carbocycles. The summed E-state index contributed by atoms with van der Waals surface area (Å²) in [6.07, 6.45) is 1.01. The van der Waals surface area contributed by atoms with Gasteiger partial charge in [-0.15, -0.1) is 0 Å². The van der Waals surface area contributed by atoms with Crippen molar-refractivity contribution < 1.29 is 0 Å². The quantitative estimate of drug-likeness (QED) is 0.821. The molecule has 0 aliphatic carbocycles. The Labute approximate surface area is 107 Å². The van der Waals surface area contributed by atoms with Gasteiger partial charge in [-0.25, -0.2) is 0 Å². The third-order valence-electron chi connectivity index (χ3n) is 2.50. The molecule has 1 aromatic heterocycles. The summed E-state index contributed by atoms with van der Waals surface area (Å²) >= 11 is 5.85. The number of hydrogen-bond acceptors (Lipinski definition) is 5. The summed E-state index contributed by atoms with van der Waals surface area (Å²) in [5, 5.41) is 6.51. The highest BCUT2D eigenvalue weighted by atomic mass is 35.5. The van der Waals surface area contributed by atoms with E-state index in [-0.39, 0.29) is 5.28 Å². The van der Waals surface area contributed by atoms with Crippen LogP contribution in [0.1, 0.15) is 34.1 Å². The highest BCUT2D eigenvalue weighted by Crippen LogP contribution is 2.14. The molecule has 1 rings (SSSR count). The normalized spacial score (nSPS) is 12.6. The highest BCUT2D eigenvalue weighted by molar-refractivity contribution is 6.28. The number of nitrogens with zero attached hydrogens (tertiary/aromatic N) is 3. The van der Waals surface area contributed by atoms with Crippen molar-refractivity contribution >= 4 is 23.5 Å². The zero-order chi connectivity index (χ0) is 12.8. The second-order valence-corrected chi connectivity index (χ2v) is 4.52. The molecule has 0 aromatic carbocycles. The molecule has 2 N–H and O–H groups in total. The Bertz CT molecular complexity index is 356. The SMILES string of the molecule is CCNc1nc(Cl)nc(NC(CC)C(C)C)n1. The van der Waals surface area contributed by atoms with Crippen LogP contribution in [0.4, 0.5) is 11.9 Å². The van der Waals surface area contributed by atoms with Crippen LogP contribution < -0.4 is 10.6 Å². The summed E-state index contributed by atoms with van der Waals surface area (Å²) in [4.78, 5) is 12.3. The van der Waals surface area contributed by atoms with Crippen LogP contribution in [0, 0.1) is 5.92 Å². The molecule has 17 heavy (non-hydrogen) atoms. The lowest BCUT2D eigenvalue weighted by Gasteiger charge is -2.20. The Balaban J connectivity index is 2.82. The summed E-state index contributed by atoms with van der Waals surface area (Å²) in [7, 11) is 0. The lowest BCUT2D eigenvalue weighted by atomic mass is 10.0. The van der Waals surface area contributed by atoms with Crippen molar-refractivity contribution in [1.29, 1.82) is 0 Å². The maximum absolute atomic E-state index is 5.85. The van der Waals surface area contributed by atoms with Crippen LogP contribution in [0.3, 0.4) is 0 Å². The van der Waals surface area contributed by atoms with E-state index in [1.807, 2.05) is 6.92 Å². The molecule has 6 heteroatoms. The Morgan fingerprint density at radius 1 is 1.12 bits per heavy atom. The number of aromatic nitrogens is 3. The molecule has 0 amide bonds. The standard InChI is InChI=1S/C11H20ClN5/c1-5-8(7(3)4)14-11-16-9(12)15-10(17-11)13-6-2/h7-8H,5-6H2,1-4H3,(H2,13,14,15,16,17). The zero-order valence-electron chi connectivity index (χ0n) is 10.8. The van der Waals surface area contributed by atoms with Gasteiger partial charge >= 0.3 is 0 Å². The van der Waals surface area contributed by atoms with Gasteiger partial charge in [-0.3, -0.25) is 0 Å². The van der Waals surface area contributed by atoms with Gasteiger partial charge in [0.1, 0.15) is 0 Å². The van der Waals surface area contributed by atoms with Gasteiger partial charge in [0.05, 0.1) is 0 Å². The van der Waals surface area contributed by atoms with Crippen LogP contribution in [0.5, 0.6) is 0 Å². The summed E-state index contributed by atoms with van der Waals surface area (Å²) in [6.45, 7) is 9.19. The zero-order valence-corrected chi connectivity index (χ0v) is 11.5. The van der Waals surface area contributed by atoms with Crippen molar-refractivity contribution in [1.82, 2.24) is 15.0 Å². The van der Waals surface area contributed by atoms with Crippen molar-refractivity contribution in [2.45, 2.75) is 40.2 Å². The average Bonchev–Trinajstić information content (AvgIpc) is 2.25. The molecule has 1 heterocycles. The molecule has 0 radical (unpaired) electrons. The van der Waals surface area contributed by atoms with Crippen molar-refractivity contribution in [3.63, 3.8) is 0 Å². The Hall–Kier alpha value is -1.10. The maximum atomic E-state index is 5.85. The van der Waals surface area contributed by atoms with E-state index in [2.05, 4.69) is 46.4 Å². The van der Waals surface area contributed by atoms with E-state index in [1.54, 1.807) is 0 Å². The molecule has 0 spiro atoms. The first-order valence-corrected chi connectivity index (χ1v) is 6.36. The van der Waals surface area contributed by atoms with E-state index >= 15 is 0 Å². The van der Waals surface area contributed by atoms with Gasteiger partial charge in [-0.2, -0.15) is 15.0 Å². The number of halogens is 1. The van der Waals surface area contributed by atoms with Gasteiger partial charge in [-0.1, -0.05) is 20.8 Å². The molecule has 1 unspecified atom stereocenters. The minimum absolute atomic E-state index is 0.206. The maximum Gasteiger partial charge on any atom is 0.229 e. The molecule has 0 saturated heterocycles. The van der Waals surface area contributed by atoms with Crippen molar-refractivity contribution in [2.75, 3.05) is 17.2 Å². The van der Waals surface area contributed by atoms with Gasteiger partial charge in [0, 0.05) is 12.6 Å². The first kappa shape index (κ1) is 14.0. The van der Waals surface area contributed by atoms with E-state index in [0.717, 1.165) is 13.0 Å². The van der Waals surface area contributed by atoms with Crippen LogP contribution in [-0.2, 0) is 0 Å². The summed E-state index contributed by atoms with van der Waals surface area (Å²) in [5.41, 5.74) is 0. The van der Waals surface area contributed by atoms with Crippen molar-refractivity contribution in [3.8, 4) is 0 Å². The second kappa shape index (κ2) is 6.59. The molecular weight excluding hydrogens is 238 g/mol. The van der Waals surface area contributed by atoms with Crippen molar-refractivity contribution in [2.24, 2.45) is 5.92 Å². The molecule has 0 bridgehead atoms. The predicted octanol–water partition coefficient (Wildman–Crippen LogP) is 2.80. The second-order valence-electron chi connectivity index (χ2n) is 4.19. The number of anilines is 2. The molecule has 96 valence electrons. The molecule has 0 aliphatic rings. The smallest absolute Gasteiger partial charge is 0.229 e. The summed E-state index contributed by atoms with van der Waals surface area (Å²) < 4.78 is 0. The predicted molar refractivity (Wildman–Crippen MR) is 71.5 cm³/mol. The summed E-state index contributed by atoms with van der Waals surface area (Å²) in [6, 6.07) is 0.336. The van der Waals surface area contributed by atoms with Crippen molar-refractivity contribution in [3.05, 3.63) is 5.28 Å². The van der Waals surface area contributed by atoms with Crippen LogP contribution in [0.15, 0.2) is 0 Å². The molecule has 0 fully saturated rings. The van der Waals surface area contributed by atoms with Gasteiger partial charge in [-0.05, 0) is 30.9 Å². The van der Waals surface area contributed by atoms with Crippen LogP contribution in [0.25, 0.3) is 0 Å². The van der Waals surface area contributed by atoms with E-state index in [0.29, 0.717) is 23.9 Å². The fraction of sp³-hybridized carbons (Fsp3) is 0.727. The van der Waals surface area contributed by atoms with E-state index in [4.69, 9.17) is 11.6 Å². The molecular formula is C11H20ClN5. The average molecular weight is 258 g/mol. The van der Waals surface area contributed by atoms with Gasteiger partial charge in [0.15, 0.2) is 0 Å². The lowest BCUT2D eigenvalue weighted by Crippen LogP contribution is -2.26. The van der Waals surface area contributed by atoms with Gasteiger partial charge in [0.2, 0.25) is 17.2 Å². The lowest BCUT2D eigenvalue weighted by molar-refractivity contribution is 0.508. The fourth-order valence-electron chi connectivity index (χ4n) is 1.56. The first-order valence-electron chi connectivity index (χ1n) is 5.98. The van der Waals surface area contributed by atoms with Crippen LogP contribution in [-0.4, -0.2) is 27.5 Å². The number of nitrogens with one attached hydrogen (secondary N) is 2. The molecule has 1 atom stereocenters. The first-order chi connectivity index (χ1) is 8.06. The largest absolute Gasteiger partial charge is 0.354 e. The van der Waals surface area contributed by atoms with E-state index < -0.39 is 0 Å². The Morgan fingerprint density at radius 3 is 2.29 bits per heavy atom. The fourth-order valence-corrected chi connectivity index (χ4v) is 1.72. The van der Waals surface area contributed by atoms with Crippen LogP contribution >= 0.6 is 11.6 Å². The third kappa shape index (κ3) is 4.34. The third-order valence-corrected chi connectivity index (χ3v) is 2.67. The minimum atomic E-state index is 0.206. The topological polar surface area (TPSA) is 62.7 Å². The number of rotatable bonds is 6. The van der Waals surface area contributed by atoms with Gasteiger partial charge < -0.3 is 10.6 Å². The summed E-state index contributed by atoms with van der Waals surface area (Å²) in [5.74, 6) is 1.55. The number of hydrogen-bond donors (Lipinski definition) is 2. The molecule has 1 aromatic rings. The Morgan fingerprint density at radius 2 is 1.76 bits per heavy atom.